The van der Waals surface area contributed by atoms with Gasteiger partial charge in [-0.3, -0.25) is 0 Å². The van der Waals surface area contributed by atoms with Gasteiger partial charge in [-0.2, -0.15) is 4.31 Å². The maximum atomic E-state index is 12.5. The molecule has 1 atom stereocenters. The number of nitrogens with zero attached hydrogens (tertiary/aromatic N) is 1. The van der Waals surface area contributed by atoms with Crippen LogP contribution in [0.15, 0.2) is 29.2 Å². The molecule has 98 valence electrons. The van der Waals surface area contributed by atoms with Crippen LogP contribution in [0, 0.1) is 6.92 Å². The Balaban J connectivity index is 1.86. The first-order chi connectivity index (χ1) is 8.55. The van der Waals surface area contributed by atoms with Gasteiger partial charge in [-0.1, -0.05) is 17.7 Å². The van der Waals surface area contributed by atoms with E-state index < -0.39 is 10.0 Å². The van der Waals surface area contributed by atoms with Crippen molar-refractivity contribution in [2.75, 3.05) is 19.8 Å². The van der Waals surface area contributed by atoms with E-state index in [0.717, 1.165) is 18.4 Å². The number of ether oxygens (including phenoxy) is 1. The SMILES string of the molecule is Cc1ccc(S(=O)(=O)N2CC23CCOCC3)cc1. The van der Waals surface area contributed by atoms with Gasteiger partial charge < -0.3 is 4.74 Å². The average molecular weight is 267 g/mol. The minimum absolute atomic E-state index is 0.151. The van der Waals surface area contributed by atoms with Gasteiger partial charge in [0.05, 0.1) is 10.4 Å². The number of rotatable bonds is 2. The summed E-state index contributed by atoms with van der Waals surface area (Å²) in [6.45, 7) is 3.93. The van der Waals surface area contributed by atoms with Crippen molar-refractivity contribution >= 4 is 10.0 Å². The van der Waals surface area contributed by atoms with E-state index in [1.165, 1.54) is 0 Å². The number of hydrogen-bond acceptors (Lipinski definition) is 3. The van der Waals surface area contributed by atoms with E-state index in [-0.39, 0.29) is 5.54 Å². The average Bonchev–Trinajstić information content (AvgIpc) is 3.05. The van der Waals surface area contributed by atoms with Crippen LogP contribution in [0.1, 0.15) is 18.4 Å². The number of benzene rings is 1. The Morgan fingerprint density at radius 3 is 2.39 bits per heavy atom. The van der Waals surface area contributed by atoms with Crippen LogP contribution in [0.25, 0.3) is 0 Å². The minimum Gasteiger partial charge on any atom is -0.381 e. The van der Waals surface area contributed by atoms with Crippen LogP contribution in [-0.4, -0.2) is 38.0 Å². The molecule has 4 nitrogen and oxygen atoms in total. The van der Waals surface area contributed by atoms with E-state index in [2.05, 4.69) is 0 Å². The van der Waals surface area contributed by atoms with Crippen LogP contribution in [0.3, 0.4) is 0 Å². The summed E-state index contributed by atoms with van der Waals surface area (Å²) in [5, 5.41) is 0. The van der Waals surface area contributed by atoms with E-state index in [9.17, 15) is 8.42 Å². The van der Waals surface area contributed by atoms with Gasteiger partial charge in [0, 0.05) is 19.8 Å². The Bertz CT molecular complexity index is 544. The molecule has 2 aliphatic rings. The normalized spacial score (nSPS) is 26.2. The highest BCUT2D eigenvalue weighted by atomic mass is 32.2. The van der Waals surface area contributed by atoms with Crippen molar-refractivity contribution in [3.05, 3.63) is 29.8 Å². The van der Waals surface area contributed by atoms with E-state index in [0.29, 0.717) is 24.7 Å². The highest BCUT2D eigenvalue weighted by molar-refractivity contribution is 7.89. The van der Waals surface area contributed by atoms with Gasteiger partial charge in [0.25, 0.3) is 0 Å². The predicted molar refractivity (Wildman–Crippen MR) is 67.9 cm³/mol. The Morgan fingerprint density at radius 1 is 1.17 bits per heavy atom. The largest absolute Gasteiger partial charge is 0.381 e. The molecule has 2 saturated heterocycles. The van der Waals surface area contributed by atoms with Crippen molar-refractivity contribution in [3.8, 4) is 0 Å². The lowest BCUT2D eigenvalue weighted by Crippen LogP contribution is -2.30. The summed E-state index contributed by atoms with van der Waals surface area (Å²) < 4.78 is 31.9. The number of sulfonamides is 1. The molecule has 0 amide bonds. The summed E-state index contributed by atoms with van der Waals surface area (Å²) >= 11 is 0. The van der Waals surface area contributed by atoms with Gasteiger partial charge in [-0.15, -0.1) is 0 Å². The second-order valence-corrected chi connectivity index (χ2v) is 7.02. The van der Waals surface area contributed by atoms with E-state index in [1.807, 2.05) is 19.1 Å². The van der Waals surface area contributed by atoms with E-state index in [4.69, 9.17) is 4.74 Å². The second-order valence-electron chi connectivity index (χ2n) is 5.16. The van der Waals surface area contributed by atoms with Gasteiger partial charge in [-0.05, 0) is 31.9 Å². The third-order valence-electron chi connectivity index (χ3n) is 3.90. The van der Waals surface area contributed by atoms with E-state index in [1.54, 1.807) is 16.4 Å². The first-order valence-electron chi connectivity index (χ1n) is 6.22. The summed E-state index contributed by atoms with van der Waals surface area (Å²) in [7, 11) is -3.31. The Kier molecular flexibility index (Phi) is 2.73. The number of hydrogen-bond donors (Lipinski definition) is 0. The van der Waals surface area contributed by atoms with Crippen LogP contribution in [0.2, 0.25) is 0 Å². The van der Waals surface area contributed by atoms with Crippen molar-refractivity contribution in [1.82, 2.24) is 4.31 Å². The molecule has 0 radical (unpaired) electrons. The lowest BCUT2D eigenvalue weighted by atomic mass is 10.0. The predicted octanol–water partition coefficient (Wildman–Crippen LogP) is 1.55. The maximum Gasteiger partial charge on any atom is 0.243 e. The fourth-order valence-electron chi connectivity index (χ4n) is 2.57. The van der Waals surface area contributed by atoms with Crippen molar-refractivity contribution in [2.45, 2.75) is 30.2 Å². The molecule has 5 heteroatoms. The quantitative estimate of drug-likeness (QED) is 0.764. The molecule has 0 saturated carbocycles. The smallest absolute Gasteiger partial charge is 0.243 e. The Labute approximate surface area is 108 Å². The molecule has 1 aromatic rings. The molecule has 2 fully saturated rings. The molecule has 18 heavy (non-hydrogen) atoms. The first kappa shape index (κ1) is 12.1. The lowest BCUT2D eigenvalue weighted by molar-refractivity contribution is 0.0725. The summed E-state index contributed by atoms with van der Waals surface area (Å²) in [4.78, 5) is 0.400. The van der Waals surface area contributed by atoms with Crippen LogP contribution in [0.5, 0.6) is 0 Å². The van der Waals surface area contributed by atoms with Crippen molar-refractivity contribution in [3.63, 3.8) is 0 Å². The zero-order valence-electron chi connectivity index (χ0n) is 10.4. The summed E-state index contributed by atoms with van der Waals surface area (Å²) in [6, 6.07) is 7.06. The highest BCUT2D eigenvalue weighted by Gasteiger charge is 2.58. The zero-order chi connectivity index (χ0) is 12.8. The van der Waals surface area contributed by atoms with E-state index >= 15 is 0 Å². The molecule has 0 aromatic heterocycles. The van der Waals surface area contributed by atoms with Crippen LogP contribution < -0.4 is 0 Å². The van der Waals surface area contributed by atoms with Crippen molar-refractivity contribution < 1.29 is 13.2 Å². The molecule has 2 heterocycles. The fraction of sp³-hybridized carbons (Fsp3) is 0.538. The third-order valence-corrected chi connectivity index (χ3v) is 5.86. The third kappa shape index (κ3) is 1.86. The molecule has 0 N–H and O–H groups in total. The topological polar surface area (TPSA) is 46.4 Å². The Hall–Kier alpha value is -0.910. The molecule has 0 aliphatic carbocycles. The molecule has 1 spiro atoms. The van der Waals surface area contributed by atoms with Crippen molar-refractivity contribution in [1.29, 1.82) is 0 Å². The summed E-state index contributed by atoms with van der Waals surface area (Å²) in [5.41, 5.74) is 0.919. The molecule has 1 unspecified atom stereocenters. The molecule has 2 aliphatic heterocycles. The molecular formula is C13H17NO3S. The molecule has 0 bridgehead atoms. The monoisotopic (exact) mass is 267 g/mol. The van der Waals surface area contributed by atoms with Gasteiger partial charge >= 0.3 is 0 Å². The summed E-state index contributed by atoms with van der Waals surface area (Å²) in [6.07, 6.45) is 1.64. The van der Waals surface area contributed by atoms with Gasteiger partial charge in [-0.25, -0.2) is 8.42 Å². The lowest BCUT2D eigenvalue weighted by Gasteiger charge is -2.22. The second kappa shape index (κ2) is 4.05. The zero-order valence-corrected chi connectivity index (χ0v) is 11.2. The fourth-order valence-corrected chi connectivity index (χ4v) is 4.41. The van der Waals surface area contributed by atoms with Gasteiger partial charge in [0.2, 0.25) is 10.0 Å². The van der Waals surface area contributed by atoms with Gasteiger partial charge in [0.15, 0.2) is 0 Å². The molecule has 1 aromatic carbocycles. The number of aryl methyl sites for hydroxylation is 1. The van der Waals surface area contributed by atoms with Gasteiger partial charge in [0.1, 0.15) is 0 Å². The minimum atomic E-state index is -3.31. The maximum absolute atomic E-state index is 12.5. The summed E-state index contributed by atoms with van der Waals surface area (Å²) in [5.74, 6) is 0. The molecular weight excluding hydrogens is 250 g/mol. The Morgan fingerprint density at radius 2 is 1.78 bits per heavy atom. The van der Waals surface area contributed by atoms with Crippen molar-refractivity contribution in [2.24, 2.45) is 0 Å². The van der Waals surface area contributed by atoms with Crippen LogP contribution >= 0.6 is 0 Å². The first-order valence-corrected chi connectivity index (χ1v) is 7.66. The molecule has 3 rings (SSSR count). The standard InChI is InChI=1S/C13H17NO3S/c1-11-2-4-12(5-3-11)18(15,16)14-10-13(14)6-8-17-9-7-13/h2-5H,6-10H2,1H3. The highest BCUT2D eigenvalue weighted by Crippen LogP contribution is 2.45. The van der Waals surface area contributed by atoms with Crippen LogP contribution in [0.4, 0.5) is 0 Å². The van der Waals surface area contributed by atoms with Crippen LogP contribution in [-0.2, 0) is 14.8 Å².